The van der Waals surface area contributed by atoms with Gasteiger partial charge in [-0.15, -0.1) is 24.0 Å². The van der Waals surface area contributed by atoms with Crippen LogP contribution in [0.4, 0.5) is 0 Å². The zero-order valence-electron chi connectivity index (χ0n) is 17.2. The van der Waals surface area contributed by atoms with Gasteiger partial charge in [-0.3, -0.25) is 4.99 Å². The smallest absolute Gasteiger partial charge is 0.191 e. The molecular formula is C21H36IN3O3. The van der Waals surface area contributed by atoms with Crippen LogP contribution in [-0.4, -0.2) is 50.5 Å². The number of aromatic hydroxyl groups is 1. The summed E-state index contributed by atoms with van der Waals surface area (Å²) < 4.78 is 11.1. The molecule has 0 atom stereocenters. The molecule has 0 unspecified atom stereocenters. The van der Waals surface area contributed by atoms with Crippen molar-refractivity contribution in [1.29, 1.82) is 0 Å². The SMILES string of the molecule is CCNC(=NCCCOC1CCCCC1)NCCc1ccc(OC)cc1O.I. The van der Waals surface area contributed by atoms with E-state index in [-0.39, 0.29) is 29.7 Å². The highest BCUT2D eigenvalue weighted by molar-refractivity contribution is 14.0. The minimum absolute atomic E-state index is 0. The molecule has 7 heteroatoms. The van der Waals surface area contributed by atoms with E-state index in [1.807, 2.05) is 12.1 Å². The second kappa shape index (κ2) is 14.7. The number of ether oxygens (including phenoxy) is 2. The first kappa shape index (κ1) is 24.8. The molecule has 0 bridgehead atoms. The van der Waals surface area contributed by atoms with E-state index < -0.39 is 0 Å². The lowest BCUT2D eigenvalue weighted by atomic mass is 9.98. The van der Waals surface area contributed by atoms with Gasteiger partial charge in [0.05, 0.1) is 13.2 Å². The van der Waals surface area contributed by atoms with Crippen molar-refractivity contribution in [3.05, 3.63) is 23.8 Å². The number of phenolic OH excluding ortho intramolecular Hbond substituents is 1. The molecule has 1 fully saturated rings. The third kappa shape index (κ3) is 9.32. The molecule has 28 heavy (non-hydrogen) atoms. The van der Waals surface area contributed by atoms with Crippen molar-refractivity contribution in [2.45, 2.75) is 58.0 Å². The summed E-state index contributed by atoms with van der Waals surface area (Å²) in [6, 6.07) is 5.39. The maximum absolute atomic E-state index is 10.0. The van der Waals surface area contributed by atoms with Gasteiger partial charge in [0.2, 0.25) is 0 Å². The van der Waals surface area contributed by atoms with Gasteiger partial charge in [-0.2, -0.15) is 0 Å². The zero-order chi connectivity index (χ0) is 19.3. The molecule has 0 amide bonds. The number of benzene rings is 1. The van der Waals surface area contributed by atoms with E-state index in [2.05, 4.69) is 22.5 Å². The summed E-state index contributed by atoms with van der Waals surface area (Å²) in [6.45, 7) is 5.10. The Labute approximate surface area is 186 Å². The topological polar surface area (TPSA) is 75.1 Å². The predicted molar refractivity (Wildman–Crippen MR) is 125 cm³/mol. The van der Waals surface area contributed by atoms with Crippen LogP contribution >= 0.6 is 24.0 Å². The van der Waals surface area contributed by atoms with E-state index in [4.69, 9.17) is 9.47 Å². The summed E-state index contributed by atoms with van der Waals surface area (Å²) in [7, 11) is 1.59. The number of phenols is 1. The van der Waals surface area contributed by atoms with Crippen LogP contribution < -0.4 is 15.4 Å². The molecule has 3 N–H and O–H groups in total. The van der Waals surface area contributed by atoms with Crippen LogP contribution in [0.25, 0.3) is 0 Å². The zero-order valence-corrected chi connectivity index (χ0v) is 19.5. The first-order valence-electron chi connectivity index (χ1n) is 10.2. The highest BCUT2D eigenvalue weighted by atomic mass is 127. The van der Waals surface area contributed by atoms with Crippen LogP contribution in [-0.2, 0) is 11.2 Å². The van der Waals surface area contributed by atoms with Gasteiger partial charge in [0.25, 0.3) is 0 Å². The van der Waals surface area contributed by atoms with Crippen LogP contribution in [0.1, 0.15) is 51.0 Å². The van der Waals surface area contributed by atoms with Crippen LogP contribution in [0.3, 0.4) is 0 Å². The summed E-state index contributed by atoms with van der Waals surface area (Å²) in [6.07, 6.45) is 8.51. The fourth-order valence-electron chi connectivity index (χ4n) is 3.28. The van der Waals surface area contributed by atoms with E-state index in [9.17, 15) is 5.11 Å². The van der Waals surface area contributed by atoms with Gasteiger partial charge < -0.3 is 25.2 Å². The normalized spacial score (nSPS) is 15.0. The number of nitrogens with one attached hydrogen (secondary N) is 2. The van der Waals surface area contributed by atoms with Crippen molar-refractivity contribution < 1.29 is 14.6 Å². The molecular weight excluding hydrogens is 469 g/mol. The Bertz CT molecular complexity index is 578. The number of halogens is 1. The predicted octanol–water partition coefficient (Wildman–Crippen LogP) is 3.86. The first-order valence-corrected chi connectivity index (χ1v) is 10.2. The lowest BCUT2D eigenvalue weighted by molar-refractivity contribution is 0.0281. The maximum Gasteiger partial charge on any atom is 0.191 e. The molecule has 0 spiro atoms. The Morgan fingerprint density at radius 2 is 2.00 bits per heavy atom. The Kier molecular flexibility index (Phi) is 13.1. The molecule has 1 aromatic rings. The first-order chi connectivity index (χ1) is 13.2. The number of methoxy groups -OCH3 is 1. The number of aliphatic imine (C=N–C) groups is 1. The molecule has 0 aliphatic heterocycles. The molecule has 160 valence electrons. The third-order valence-electron chi connectivity index (χ3n) is 4.80. The van der Waals surface area contributed by atoms with Crippen LogP contribution in [0.2, 0.25) is 0 Å². The monoisotopic (exact) mass is 505 g/mol. The third-order valence-corrected chi connectivity index (χ3v) is 4.80. The van der Waals surface area contributed by atoms with Crippen molar-refractivity contribution in [3.8, 4) is 11.5 Å². The lowest BCUT2D eigenvalue weighted by Crippen LogP contribution is -2.38. The fraction of sp³-hybridized carbons (Fsp3) is 0.667. The van der Waals surface area contributed by atoms with Crippen LogP contribution in [0.15, 0.2) is 23.2 Å². The molecule has 1 aliphatic carbocycles. The number of hydrogen-bond donors (Lipinski definition) is 3. The molecule has 2 rings (SSSR count). The summed E-state index contributed by atoms with van der Waals surface area (Å²) in [5.41, 5.74) is 0.889. The molecule has 1 saturated carbocycles. The Morgan fingerprint density at radius 3 is 2.68 bits per heavy atom. The number of nitrogens with zero attached hydrogens (tertiary/aromatic N) is 1. The summed E-state index contributed by atoms with van der Waals surface area (Å²) in [5, 5.41) is 16.6. The summed E-state index contributed by atoms with van der Waals surface area (Å²) >= 11 is 0. The Hall–Kier alpha value is -1.22. The van der Waals surface area contributed by atoms with Crippen molar-refractivity contribution in [2.24, 2.45) is 4.99 Å². The van der Waals surface area contributed by atoms with Crippen LogP contribution in [0.5, 0.6) is 11.5 Å². The fourth-order valence-corrected chi connectivity index (χ4v) is 3.28. The highest BCUT2D eigenvalue weighted by Crippen LogP contribution is 2.23. The number of hydrogen-bond acceptors (Lipinski definition) is 4. The minimum atomic E-state index is 0. The molecule has 6 nitrogen and oxygen atoms in total. The highest BCUT2D eigenvalue weighted by Gasteiger charge is 2.12. The van der Waals surface area contributed by atoms with Crippen molar-refractivity contribution >= 4 is 29.9 Å². The van der Waals surface area contributed by atoms with Crippen molar-refractivity contribution in [1.82, 2.24) is 10.6 Å². The standard InChI is InChI=1S/C21H35N3O3.HI/c1-3-22-21(23-13-7-15-27-18-8-5-4-6-9-18)24-14-12-17-10-11-19(26-2)16-20(17)25;/h10-11,16,18,25H,3-9,12-15H2,1-2H3,(H2,22,23,24);1H. The van der Waals surface area contributed by atoms with Gasteiger partial charge in [0, 0.05) is 32.3 Å². The minimum Gasteiger partial charge on any atom is -0.508 e. The summed E-state index contributed by atoms with van der Waals surface area (Å²) in [5.74, 6) is 1.73. The van der Waals surface area contributed by atoms with Gasteiger partial charge in [-0.25, -0.2) is 0 Å². The summed E-state index contributed by atoms with van der Waals surface area (Å²) in [4.78, 5) is 4.61. The van der Waals surface area contributed by atoms with Gasteiger partial charge >= 0.3 is 0 Å². The molecule has 1 aromatic carbocycles. The lowest BCUT2D eigenvalue weighted by Gasteiger charge is -2.21. The second-order valence-corrected chi connectivity index (χ2v) is 6.92. The largest absolute Gasteiger partial charge is 0.508 e. The number of guanidine groups is 1. The average Bonchev–Trinajstić information content (AvgIpc) is 2.69. The Balaban J connectivity index is 0.00000392. The van der Waals surface area contributed by atoms with E-state index >= 15 is 0 Å². The van der Waals surface area contributed by atoms with Crippen molar-refractivity contribution in [2.75, 3.05) is 33.4 Å². The molecule has 0 aromatic heterocycles. The van der Waals surface area contributed by atoms with E-state index in [1.54, 1.807) is 13.2 Å². The van der Waals surface area contributed by atoms with Crippen molar-refractivity contribution in [3.63, 3.8) is 0 Å². The van der Waals surface area contributed by atoms with Gasteiger partial charge in [-0.1, -0.05) is 25.3 Å². The Morgan fingerprint density at radius 1 is 1.21 bits per heavy atom. The second-order valence-electron chi connectivity index (χ2n) is 6.92. The van der Waals surface area contributed by atoms with Gasteiger partial charge in [0.15, 0.2) is 5.96 Å². The van der Waals surface area contributed by atoms with E-state index in [0.717, 1.165) is 37.6 Å². The van der Waals surface area contributed by atoms with Crippen LogP contribution in [0, 0.1) is 0 Å². The quantitative estimate of drug-likeness (QED) is 0.195. The van der Waals surface area contributed by atoms with Gasteiger partial charge in [0.1, 0.15) is 11.5 Å². The van der Waals surface area contributed by atoms with Gasteiger partial charge in [-0.05, 0) is 44.2 Å². The average molecular weight is 505 g/mol. The van der Waals surface area contributed by atoms with E-state index in [1.165, 1.54) is 32.1 Å². The van der Waals surface area contributed by atoms with E-state index in [0.29, 0.717) is 24.8 Å². The molecule has 0 saturated heterocycles. The molecule has 0 heterocycles. The molecule has 1 aliphatic rings. The number of rotatable bonds is 10. The molecule has 0 radical (unpaired) electrons. The maximum atomic E-state index is 10.0.